The van der Waals surface area contributed by atoms with Crippen molar-refractivity contribution in [1.29, 1.82) is 0 Å². The second-order valence-electron chi connectivity index (χ2n) is 7.00. The molecule has 5 nitrogen and oxygen atoms in total. The number of nitrogens with one attached hydrogen (secondary N) is 2. The van der Waals surface area contributed by atoms with E-state index in [1.807, 2.05) is 6.92 Å². The van der Waals surface area contributed by atoms with E-state index in [1.165, 1.54) is 18.5 Å². The molecule has 126 valence electrons. The van der Waals surface area contributed by atoms with Gasteiger partial charge in [0.2, 0.25) is 0 Å². The third-order valence-corrected chi connectivity index (χ3v) is 5.11. The Morgan fingerprint density at radius 2 is 2.09 bits per heavy atom. The van der Waals surface area contributed by atoms with Crippen molar-refractivity contribution in [1.82, 2.24) is 10.6 Å². The highest BCUT2D eigenvalue weighted by atomic mass is 16.3. The molecular formula is C18H27N3O2. The number of hydrogen-bond acceptors (Lipinski definition) is 3. The van der Waals surface area contributed by atoms with Crippen LogP contribution in [0.25, 0.3) is 0 Å². The van der Waals surface area contributed by atoms with E-state index < -0.39 is 0 Å². The summed E-state index contributed by atoms with van der Waals surface area (Å²) >= 11 is 0. The van der Waals surface area contributed by atoms with Gasteiger partial charge in [-0.2, -0.15) is 0 Å². The first-order chi connectivity index (χ1) is 11.1. The Kier molecular flexibility index (Phi) is 4.76. The van der Waals surface area contributed by atoms with Crippen LogP contribution in [-0.2, 0) is 0 Å². The van der Waals surface area contributed by atoms with Gasteiger partial charge in [-0.3, -0.25) is 0 Å². The van der Waals surface area contributed by atoms with Crippen LogP contribution in [0.5, 0.6) is 0 Å². The Morgan fingerprint density at radius 1 is 1.35 bits per heavy atom. The van der Waals surface area contributed by atoms with Gasteiger partial charge in [-0.15, -0.1) is 0 Å². The van der Waals surface area contributed by atoms with Crippen LogP contribution in [0.1, 0.15) is 44.2 Å². The van der Waals surface area contributed by atoms with Crippen LogP contribution in [0.3, 0.4) is 0 Å². The number of carbonyl (C=O) groups excluding carboxylic acids is 1. The van der Waals surface area contributed by atoms with Crippen LogP contribution >= 0.6 is 0 Å². The largest absolute Gasteiger partial charge is 0.396 e. The lowest BCUT2D eigenvalue weighted by Gasteiger charge is -2.21. The van der Waals surface area contributed by atoms with Crippen molar-refractivity contribution in [2.24, 2.45) is 5.41 Å². The van der Waals surface area contributed by atoms with E-state index in [0.29, 0.717) is 6.54 Å². The number of aliphatic hydroxyl groups excluding tert-OH is 1. The van der Waals surface area contributed by atoms with Crippen LogP contribution in [0.4, 0.5) is 10.5 Å². The molecule has 1 saturated carbocycles. The fraction of sp³-hybridized carbons (Fsp3) is 0.611. The highest BCUT2D eigenvalue weighted by Crippen LogP contribution is 2.44. The summed E-state index contributed by atoms with van der Waals surface area (Å²) in [4.78, 5) is 14.4. The normalized spacial score (nSPS) is 20.2. The van der Waals surface area contributed by atoms with E-state index in [-0.39, 0.29) is 24.1 Å². The molecule has 1 aliphatic carbocycles. The van der Waals surface area contributed by atoms with Crippen molar-refractivity contribution >= 4 is 11.7 Å². The first-order valence-corrected chi connectivity index (χ1v) is 8.62. The average Bonchev–Trinajstić information content (AvgIpc) is 3.15. The summed E-state index contributed by atoms with van der Waals surface area (Å²) in [6, 6.07) is 8.22. The monoisotopic (exact) mass is 317 g/mol. The standard InChI is InChI=1S/C18H27N3O2/c1-14(20-17(23)19-12-18(13-22)7-8-18)15-5-4-6-16(11-15)21-9-2-3-10-21/h4-6,11,14,22H,2-3,7-10,12-13H2,1H3,(H2,19,20,23). The highest BCUT2D eigenvalue weighted by Gasteiger charge is 2.42. The molecule has 1 unspecified atom stereocenters. The molecule has 1 aromatic carbocycles. The van der Waals surface area contributed by atoms with Crippen molar-refractivity contribution in [2.45, 2.75) is 38.6 Å². The summed E-state index contributed by atoms with van der Waals surface area (Å²) in [6.45, 7) is 4.95. The summed E-state index contributed by atoms with van der Waals surface area (Å²) < 4.78 is 0. The van der Waals surface area contributed by atoms with Crippen LogP contribution < -0.4 is 15.5 Å². The van der Waals surface area contributed by atoms with E-state index in [1.54, 1.807) is 0 Å². The topological polar surface area (TPSA) is 64.6 Å². The zero-order chi connectivity index (χ0) is 16.3. The molecule has 2 aliphatic rings. The second-order valence-corrected chi connectivity index (χ2v) is 7.00. The number of carbonyl (C=O) groups is 1. The molecule has 0 bridgehead atoms. The quantitative estimate of drug-likeness (QED) is 0.755. The van der Waals surface area contributed by atoms with E-state index in [2.05, 4.69) is 39.8 Å². The maximum atomic E-state index is 12.0. The molecule has 1 saturated heterocycles. The lowest BCUT2D eigenvalue weighted by Crippen LogP contribution is -2.40. The smallest absolute Gasteiger partial charge is 0.315 e. The third kappa shape index (κ3) is 3.96. The molecule has 1 aromatic rings. The van der Waals surface area contributed by atoms with Crippen molar-refractivity contribution in [2.75, 3.05) is 31.1 Å². The van der Waals surface area contributed by atoms with Crippen molar-refractivity contribution in [3.8, 4) is 0 Å². The SMILES string of the molecule is CC(NC(=O)NCC1(CO)CC1)c1cccc(N2CCCC2)c1. The molecule has 0 aromatic heterocycles. The number of benzene rings is 1. The molecule has 0 spiro atoms. The zero-order valence-corrected chi connectivity index (χ0v) is 13.8. The number of aliphatic hydroxyl groups is 1. The molecule has 5 heteroatoms. The van der Waals surface area contributed by atoms with Gasteiger partial charge < -0.3 is 20.6 Å². The molecule has 2 fully saturated rings. The summed E-state index contributed by atoms with van der Waals surface area (Å²) in [7, 11) is 0. The summed E-state index contributed by atoms with van der Waals surface area (Å²) in [6.07, 6.45) is 4.51. The van der Waals surface area contributed by atoms with Crippen LogP contribution in [0.2, 0.25) is 0 Å². The van der Waals surface area contributed by atoms with Crippen LogP contribution in [-0.4, -0.2) is 37.4 Å². The van der Waals surface area contributed by atoms with E-state index >= 15 is 0 Å². The Hall–Kier alpha value is -1.75. The Labute approximate surface area is 138 Å². The first-order valence-electron chi connectivity index (χ1n) is 8.62. The number of rotatable bonds is 6. The Bertz CT molecular complexity index is 551. The van der Waals surface area contributed by atoms with Gasteiger partial charge in [0.1, 0.15) is 0 Å². The fourth-order valence-electron chi connectivity index (χ4n) is 3.13. The number of urea groups is 1. The molecule has 1 atom stereocenters. The number of anilines is 1. The lowest BCUT2D eigenvalue weighted by atomic mass is 10.1. The van der Waals surface area contributed by atoms with Gasteiger partial charge >= 0.3 is 6.03 Å². The van der Waals surface area contributed by atoms with Gasteiger partial charge in [0, 0.05) is 30.7 Å². The van der Waals surface area contributed by atoms with Gasteiger partial charge in [0.25, 0.3) is 0 Å². The molecule has 0 radical (unpaired) electrons. The summed E-state index contributed by atoms with van der Waals surface area (Å²) in [5, 5.41) is 15.2. The molecule has 3 N–H and O–H groups in total. The van der Waals surface area contributed by atoms with Crippen molar-refractivity contribution < 1.29 is 9.90 Å². The van der Waals surface area contributed by atoms with Crippen LogP contribution in [0.15, 0.2) is 24.3 Å². The van der Waals surface area contributed by atoms with Gasteiger partial charge in [-0.05, 0) is 50.3 Å². The van der Waals surface area contributed by atoms with E-state index in [0.717, 1.165) is 31.5 Å². The van der Waals surface area contributed by atoms with E-state index in [9.17, 15) is 9.90 Å². The third-order valence-electron chi connectivity index (χ3n) is 5.11. The van der Waals surface area contributed by atoms with Gasteiger partial charge in [-0.25, -0.2) is 4.79 Å². The van der Waals surface area contributed by atoms with Crippen molar-refractivity contribution in [3.63, 3.8) is 0 Å². The highest BCUT2D eigenvalue weighted by molar-refractivity contribution is 5.74. The fourth-order valence-corrected chi connectivity index (χ4v) is 3.13. The number of hydrogen-bond donors (Lipinski definition) is 3. The van der Waals surface area contributed by atoms with Gasteiger partial charge in [0.05, 0.1) is 12.6 Å². The first kappa shape index (κ1) is 16.1. The predicted octanol–water partition coefficient (Wildman–Crippen LogP) is 2.42. The molecule has 1 aliphatic heterocycles. The average molecular weight is 317 g/mol. The second kappa shape index (κ2) is 6.79. The maximum absolute atomic E-state index is 12.0. The minimum Gasteiger partial charge on any atom is -0.396 e. The Balaban J connectivity index is 1.54. The number of amides is 2. The maximum Gasteiger partial charge on any atom is 0.315 e. The molecule has 23 heavy (non-hydrogen) atoms. The lowest BCUT2D eigenvalue weighted by molar-refractivity contribution is 0.202. The number of nitrogens with zero attached hydrogens (tertiary/aromatic N) is 1. The summed E-state index contributed by atoms with van der Waals surface area (Å²) in [5.41, 5.74) is 2.30. The molecular weight excluding hydrogens is 290 g/mol. The minimum atomic E-state index is -0.163. The van der Waals surface area contributed by atoms with Crippen LogP contribution in [0, 0.1) is 5.41 Å². The summed E-state index contributed by atoms with van der Waals surface area (Å²) in [5.74, 6) is 0. The molecule has 3 rings (SSSR count). The predicted molar refractivity (Wildman–Crippen MR) is 91.6 cm³/mol. The molecule has 2 amide bonds. The minimum absolute atomic E-state index is 0.0400. The van der Waals surface area contributed by atoms with Gasteiger partial charge in [0.15, 0.2) is 0 Å². The van der Waals surface area contributed by atoms with E-state index in [4.69, 9.17) is 0 Å². The van der Waals surface area contributed by atoms with Gasteiger partial charge in [-0.1, -0.05) is 12.1 Å². The van der Waals surface area contributed by atoms with Crippen molar-refractivity contribution in [3.05, 3.63) is 29.8 Å². The zero-order valence-electron chi connectivity index (χ0n) is 13.8. The molecule has 1 heterocycles. The Morgan fingerprint density at radius 3 is 2.74 bits per heavy atom.